The molecule has 0 radical (unpaired) electrons. The van der Waals surface area contributed by atoms with Crippen molar-refractivity contribution >= 4 is 5.91 Å². The molecule has 2 aromatic heterocycles. The zero-order chi connectivity index (χ0) is 21.1. The molecule has 30 heavy (non-hydrogen) atoms. The molecule has 0 atom stereocenters. The van der Waals surface area contributed by atoms with Crippen LogP contribution in [0.15, 0.2) is 56.7 Å². The van der Waals surface area contributed by atoms with Gasteiger partial charge in [-0.25, -0.2) is 4.79 Å². The Kier molecular flexibility index (Phi) is 5.35. The van der Waals surface area contributed by atoms with Crippen molar-refractivity contribution < 1.29 is 9.32 Å². The fourth-order valence-corrected chi connectivity index (χ4v) is 3.93. The Hall–Kier alpha value is -3.49. The number of nitrogens with zero attached hydrogens (tertiary/aromatic N) is 4. The Morgan fingerprint density at radius 3 is 2.57 bits per heavy atom. The summed E-state index contributed by atoms with van der Waals surface area (Å²) in [5, 5.41) is 6.95. The van der Waals surface area contributed by atoms with E-state index in [-0.39, 0.29) is 6.54 Å². The van der Waals surface area contributed by atoms with Crippen molar-refractivity contribution in [3.8, 4) is 0 Å². The quantitative estimate of drug-likeness (QED) is 0.657. The first-order valence-corrected chi connectivity index (χ1v) is 9.93. The van der Waals surface area contributed by atoms with Crippen LogP contribution in [0.5, 0.6) is 0 Å². The Bertz CT molecular complexity index is 1160. The van der Waals surface area contributed by atoms with Crippen LogP contribution in [-0.2, 0) is 23.4 Å². The molecule has 4 rings (SSSR count). The number of aryl methyl sites for hydroxylation is 1. The van der Waals surface area contributed by atoms with Crippen LogP contribution in [0, 0.1) is 6.92 Å². The summed E-state index contributed by atoms with van der Waals surface area (Å²) in [4.78, 5) is 42.2. The molecule has 3 aromatic rings. The first kappa shape index (κ1) is 19.8. The maximum atomic E-state index is 12.8. The molecule has 1 aliphatic carbocycles. The highest BCUT2D eigenvalue weighted by atomic mass is 16.5. The zero-order valence-corrected chi connectivity index (χ0v) is 16.7. The average molecular weight is 409 g/mol. The summed E-state index contributed by atoms with van der Waals surface area (Å²) < 4.78 is 7.45. The molecule has 0 bridgehead atoms. The number of aromatic nitrogens is 4. The van der Waals surface area contributed by atoms with Gasteiger partial charge in [-0.3, -0.25) is 18.7 Å². The van der Waals surface area contributed by atoms with E-state index in [1.54, 1.807) is 6.92 Å². The largest absolute Gasteiger partial charge is 0.342 e. The van der Waals surface area contributed by atoms with Gasteiger partial charge < -0.3 is 9.84 Å². The Morgan fingerprint density at radius 2 is 1.90 bits per heavy atom. The second-order valence-electron chi connectivity index (χ2n) is 7.61. The summed E-state index contributed by atoms with van der Waals surface area (Å²) in [5.41, 5.74) is -0.851. The molecule has 0 saturated heterocycles. The minimum atomic E-state index is -0.726. The lowest BCUT2D eigenvalue weighted by Gasteiger charge is -2.26. The topological polar surface area (TPSA) is 112 Å². The Morgan fingerprint density at radius 1 is 1.17 bits per heavy atom. The highest BCUT2D eigenvalue weighted by Crippen LogP contribution is 2.37. The molecule has 0 aliphatic heterocycles. The maximum absolute atomic E-state index is 12.8. The van der Waals surface area contributed by atoms with E-state index in [9.17, 15) is 14.4 Å². The van der Waals surface area contributed by atoms with Crippen molar-refractivity contribution in [1.29, 1.82) is 0 Å². The summed E-state index contributed by atoms with van der Waals surface area (Å²) >= 11 is 0. The monoisotopic (exact) mass is 409 g/mol. The summed E-state index contributed by atoms with van der Waals surface area (Å²) in [6, 6.07) is 10.7. The molecule has 1 amide bonds. The summed E-state index contributed by atoms with van der Waals surface area (Å²) in [6.45, 7) is 1.64. The van der Waals surface area contributed by atoms with E-state index in [4.69, 9.17) is 4.52 Å². The number of hydrogen-bond acceptors (Lipinski definition) is 6. The van der Waals surface area contributed by atoms with Gasteiger partial charge in [-0.05, 0) is 18.4 Å². The summed E-state index contributed by atoms with van der Waals surface area (Å²) in [7, 11) is 0. The van der Waals surface area contributed by atoms with Crippen molar-refractivity contribution in [2.75, 3.05) is 0 Å². The third kappa shape index (κ3) is 3.96. The van der Waals surface area contributed by atoms with Gasteiger partial charge in [0.25, 0.3) is 5.56 Å². The minimum Gasteiger partial charge on any atom is -0.342 e. The molecule has 1 N–H and O–H groups in total. The number of nitrogens with one attached hydrogen (secondary N) is 1. The van der Waals surface area contributed by atoms with Crippen molar-refractivity contribution in [3.05, 3.63) is 80.7 Å². The van der Waals surface area contributed by atoms with Crippen molar-refractivity contribution in [1.82, 2.24) is 24.6 Å². The number of hydrogen-bond donors (Lipinski definition) is 1. The van der Waals surface area contributed by atoms with Crippen molar-refractivity contribution in [3.63, 3.8) is 0 Å². The first-order chi connectivity index (χ1) is 14.5. The second kappa shape index (κ2) is 8.10. The molecule has 1 aromatic carbocycles. The number of amides is 1. The average Bonchev–Trinajstić information content (AvgIpc) is 3.38. The molecule has 9 heteroatoms. The SMILES string of the molecule is Cc1nc(C2(NC(=O)Cn3c(=O)ccn(Cc4ccccc4)c3=O)CCCC2)no1. The van der Waals surface area contributed by atoms with Crippen molar-refractivity contribution in [2.45, 2.75) is 51.2 Å². The van der Waals surface area contributed by atoms with Gasteiger partial charge in [-0.2, -0.15) is 4.98 Å². The smallest absolute Gasteiger partial charge is 0.331 e. The summed E-state index contributed by atoms with van der Waals surface area (Å²) in [5.74, 6) is 0.428. The fourth-order valence-electron chi connectivity index (χ4n) is 3.93. The predicted molar refractivity (Wildman–Crippen MR) is 108 cm³/mol. The highest BCUT2D eigenvalue weighted by Gasteiger charge is 2.41. The van der Waals surface area contributed by atoms with Crippen LogP contribution in [0.2, 0.25) is 0 Å². The van der Waals surface area contributed by atoms with E-state index < -0.39 is 22.7 Å². The second-order valence-corrected chi connectivity index (χ2v) is 7.61. The maximum Gasteiger partial charge on any atom is 0.331 e. The van der Waals surface area contributed by atoms with Gasteiger partial charge in [-0.15, -0.1) is 0 Å². The molecule has 1 fully saturated rings. The Labute approximate surface area is 172 Å². The molecule has 0 unspecified atom stereocenters. The van der Waals surface area contributed by atoms with Gasteiger partial charge in [0.15, 0.2) is 5.82 Å². The van der Waals surface area contributed by atoms with Gasteiger partial charge in [0, 0.05) is 19.2 Å². The van der Waals surface area contributed by atoms with E-state index in [2.05, 4.69) is 15.5 Å². The van der Waals surface area contributed by atoms with Gasteiger partial charge >= 0.3 is 5.69 Å². The van der Waals surface area contributed by atoms with Crippen LogP contribution in [-0.4, -0.2) is 25.2 Å². The fraction of sp³-hybridized carbons (Fsp3) is 0.381. The van der Waals surface area contributed by atoms with Crippen LogP contribution < -0.4 is 16.6 Å². The third-order valence-electron chi connectivity index (χ3n) is 5.43. The molecular weight excluding hydrogens is 386 g/mol. The number of benzene rings is 1. The lowest BCUT2D eigenvalue weighted by atomic mass is 9.96. The minimum absolute atomic E-state index is 0.313. The molecule has 1 saturated carbocycles. The van der Waals surface area contributed by atoms with Gasteiger partial charge in [-0.1, -0.05) is 48.3 Å². The standard InChI is InChI=1S/C21H23N5O4/c1-15-22-19(24-30-15)21(10-5-6-11-21)23-17(27)14-26-18(28)9-12-25(20(26)29)13-16-7-3-2-4-8-16/h2-4,7-9,12H,5-6,10-11,13-14H2,1H3,(H,23,27). The molecule has 9 nitrogen and oxygen atoms in total. The third-order valence-corrected chi connectivity index (χ3v) is 5.43. The number of rotatable bonds is 6. The number of carbonyl (C=O) groups excluding carboxylic acids is 1. The van der Waals surface area contributed by atoms with Crippen LogP contribution >= 0.6 is 0 Å². The lowest BCUT2D eigenvalue weighted by Crippen LogP contribution is -2.49. The van der Waals surface area contributed by atoms with Crippen LogP contribution in [0.25, 0.3) is 0 Å². The van der Waals surface area contributed by atoms with E-state index >= 15 is 0 Å². The first-order valence-electron chi connectivity index (χ1n) is 9.93. The lowest BCUT2D eigenvalue weighted by molar-refractivity contribution is -0.124. The molecule has 2 heterocycles. The van der Waals surface area contributed by atoms with Gasteiger partial charge in [0.1, 0.15) is 12.1 Å². The highest BCUT2D eigenvalue weighted by molar-refractivity contribution is 5.76. The van der Waals surface area contributed by atoms with Gasteiger partial charge in [0.2, 0.25) is 11.8 Å². The van der Waals surface area contributed by atoms with Crippen molar-refractivity contribution in [2.24, 2.45) is 0 Å². The van der Waals surface area contributed by atoms with Crippen LogP contribution in [0.3, 0.4) is 0 Å². The van der Waals surface area contributed by atoms with Crippen LogP contribution in [0.1, 0.15) is 43.0 Å². The van der Waals surface area contributed by atoms with E-state index in [1.807, 2.05) is 30.3 Å². The Balaban J connectivity index is 1.56. The molecule has 156 valence electrons. The number of carbonyl (C=O) groups is 1. The predicted octanol–water partition coefficient (Wildman–Crippen LogP) is 1.34. The van der Waals surface area contributed by atoms with E-state index in [1.165, 1.54) is 16.8 Å². The normalized spacial score (nSPS) is 15.2. The van der Waals surface area contributed by atoms with Gasteiger partial charge in [0.05, 0.1) is 6.54 Å². The zero-order valence-electron chi connectivity index (χ0n) is 16.7. The van der Waals surface area contributed by atoms with E-state index in [0.29, 0.717) is 31.1 Å². The molecular formula is C21H23N5O4. The summed E-state index contributed by atoms with van der Waals surface area (Å²) in [6.07, 6.45) is 4.65. The molecule has 0 spiro atoms. The molecule has 1 aliphatic rings. The van der Waals surface area contributed by atoms with E-state index in [0.717, 1.165) is 23.0 Å². The van der Waals surface area contributed by atoms with Crippen LogP contribution in [0.4, 0.5) is 0 Å².